The maximum absolute atomic E-state index is 6.15. The quantitative estimate of drug-likeness (QED) is 0.875. The number of hydrogen-bond acceptors (Lipinski definition) is 2. The highest BCUT2D eigenvalue weighted by molar-refractivity contribution is 6.32. The van der Waals surface area contributed by atoms with E-state index in [9.17, 15) is 0 Å². The van der Waals surface area contributed by atoms with E-state index in [1.165, 1.54) is 12.0 Å². The number of halogens is 1. The highest BCUT2D eigenvalue weighted by atomic mass is 35.5. The van der Waals surface area contributed by atoms with E-state index in [2.05, 4.69) is 18.3 Å². The van der Waals surface area contributed by atoms with Crippen molar-refractivity contribution >= 4 is 11.6 Å². The molecule has 0 radical (unpaired) electrons. The first-order chi connectivity index (χ1) is 7.76. The summed E-state index contributed by atoms with van der Waals surface area (Å²) in [4.78, 5) is 0. The van der Waals surface area contributed by atoms with Crippen LogP contribution in [-0.2, 0) is 0 Å². The molecule has 88 valence electrons. The number of ether oxygens (including phenoxy) is 1. The van der Waals surface area contributed by atoms with Gasteiger partial charge in [-0.2, -0.15) is 0 Å². The molecule has 0 saturated carbocycles. The van der Waals surface area contributed by atoms with E-state index in [0.29, 0.717) is 17.0 Å². The van der Waals surface area contributed by atoms with E-state index in [0.717, 1.165) is 18.7 Å². The maximum Gasteiger partial charge on any atom is 0.137 e. The summed E-state index contributed by atoms with van der Waals surface area (Å²) in [5.74, 6) is 1.35. The Morgan fingerprint density at radius 1 is 1.50 bits per heavy atom. The average molecular weight is 240 g/mol. The highest BCUT2D eigenvalue weighted by Gasteiger charge is 2.26. The van der Waals surface area contributed by atoms with E-state index in [1.807, 2.05) is 12.1 Å². The first-order valence-corrected chi connectivity index (χ1v) is 6.21. The molecule has 1 aliphatic heterocycles. The van der Waals surface area contributed by atoms with Gasteiger partial charge < -0.3 is 10.1 Å². The SMILES string of the molecule is CCC1NCCC1c1ccc(OC)c(Cl)c1. The van der Waals surface area contributed by atoms with E-state index in [1.54, 1.807) is 7.11 Å². The molecule has 0 amide bonds. The van der Waals surface area contributed by atoms with E-state index in [4.69, 9.17) is 16.3 Å². The Labute approximate surface area is 102 Å². The first kappa shape index (κ1) is 11.7. The Morgan fingerprint density at radius 2 is 2.31 bits per heavy atom. The zero-order chi connectivity index (χ0) is 11.5. The highest BCUT2D eigenvalue weighted by Crippen LogP contribution is 2.34. The van der Waals surface area contributed by atoms with Crippen molar-refractivity contribution in [2.75, 3.05) is 13.7 Å². The van der Waals surface area contributed by atoms with Crippen molar-refractivity contribution in [3.63, 3.8) is 0 Å². The van der Waals surface area contributed by atoms with Crippen LogP contribution < -0.4 is 10.1 Å². The van der Waals surface area contributed by atoms with Crippen molar-refractivity contribution in [2.24, 2.45) is 0 Å². The summed E-state index contributed by atoms with van der Waals surface area (Å²) in [6.45, 7) is 3.33. The molecule has 0 aromatic heterocycles. The molecule has 0 spiro atoms. The van der Waals surface area contributed by atoms with Crippen LogP contribution in [0.5, 0.6) is 5.75 Å². The van der Waals surface area contributed by atoms with Crippen LogP contribution in [0, 0.1) is 0 Å². The minimum absolute atomic E-state index is 0.587. The van der Waals surface area contributed by atoms with Crippen molar-refractivity contribution in [2.45, 2.75) is 31.7 Å². The van der Waals surface area contributed by atoms with Gasteiger partial charge in [-0.15, -0.1) is 0 Å². The third kappa shape index (κ3) is 2.18. The summed E-state index contributed by atoms with van der Waals surface area (Å²) in [5.41, 5.74) is 1.32. The molecule has 2 unspecified atom stereocenters. The molecular weight excluding hydrogens is 222 g/mol. The van der Waals surface area contributed by atoms with Gasteiger partial charge >= 0.3 is 0 Å². The lowest BCUT2D eigenvalue weighted by molar-refractivity contribution is 0.414. The fourth-order valence-electron chi connectivity index (χ4n) is 2.51. The average Bonchev–Trinajstić information content (AvgIpc) is 2.77. The molecule has 1 fully saturated rings. The molecule has 1 aromatic carbocycles. The predicted molar refractivity (Wildman–Crippen MR) is 67.4 cm³/mol. The van der Waals surface area contributed by atoms with E-state index >= 15 is 0 Å². The normalized spacial score (nSPS) is 24.7. The second-order valence-electron chi connectivity index (χ2n) is 4.26. The van der Waals surface area contributed by atoms with Crippen molar-refractivity contribution < 1.29 is 4.74 Å². The third-order valence-electron chi connectivity index (χ3n) is 3.39. The van der Waals surface area contributed by atoms with Gasteiger partial charge in [-0.05, 0) is 37.1 Å². The van der Waals surface area contributed by atoms with Gasteiger partial charge in [0.2, 0.25) is 0 Å². The van der Waals surface area contributed by atoms with Crippen LogP contribution in [0.1, 0.15) is 31.2 Å². The summed E-state index contributed by atoms with van der Waals surface area (Å²) in [6, 6.07) is 6.72. The van der Waals surface area contributed by atoms with Crippen LogP contribution in [0.3, 0.4) is 0 Å². The Hall–Kier alpha value is -0.730. The Kier molecular flexibility index (Phi) is 3.72. The molecule has 1 heterocycles. The van der Waals surface area contributed by atoms with E-state index < -0.39 is 0 Å². The lowest BCUT2D eigenvalue weighted by atomic mass is 9.90. The van der Waals surface area contributed by atoms with Gasteiger partial charge in [-0.1, -0.05) is 24.6 Å². The van der Waals surface area contributed by atoms with Crippen LogP contribution >= 0.6 is 11.6 Å². The molecule has 2 nitrogen and oxygen atoms in total. The molecule has 16 heavy (non-hydrogen) atoms. The van der Waals surface area contributed by atoms with Gasteiger partial charge in [-0.25, -0.2) is 0 Å². The summed E-state index contributed by atoms with van der Waals surface area (Å²) in [6.07, 6.45) is 2.36. The zero-order valence-electron chi connectivity index (χ0n) is 9.79. The van der Waals surface area contributed by atoms with Gasteiger partial charge in [0.25, 0.3) is 0 Å². The molecule has 3 heteroatoms. The van der Waals surface area contributed by atoms with Gasteiger partial charge in [0.15, 0.2) is 0 Å². The van der Waals surface area contributed by atoms with Crippen LogP contribution in [0.4, 0.5) is 0 Å². The molecule has 1 aromatic rings. The van der Waals surface area contributed by atoms with Gasteiger partial charge in [0, 0.05) is 12.0 Å². The molecule has 1 aliphatic rings. The van der Waals surface area contributed by atoms with Crippen molar-refractivity contribution in [1.82, 2.24) is 5.32 Å². The minimum atomic E-state index is 0.587. The number of hydrogen-bond donors (Lipinski definition) is 1. The molecule has 2 rings (SSSR count). The molecule has 1 saturated heterocycles. The smallest absolute Gasteiger partial charge is 0.137 e. The summed E-state index contributed by atoms with van der Waals surface area (Å²) < 4.78 is 5.17. The minimum Gasteiger partial charge on any atom is -0.495 e. The van der Waals surface area contributed by atoms with Crippen LogP contribution in [0.15, 0.2) is 18.2 Å². The van der Waals surface area contributed by atoms with Crippen LogP contribution in [0.2, 0.25) is 5.02 Å². The van der Waals surface area contributed by atoms with Crippen molar-refractivity contribution in [3.8, 4) is 5.75 Å². The summed E-state index contributed by atoms with van der Waals surface area (Å²) >= 11 is 6.15. The van der Waals surface area contributed by atoms with Crippen molar-refractivity contribution in [1.29, 1.82) is 0 Å². The molecule has 0 aliphatic carbocycles. The summed E-state index contributed by atoms with van der Waals surface area (Å²) in [5, 5.41) is 4.24. The van der Waals surface area contributed by atoms with E-state index in [-0.39, 0.29) is 0 Å². The van der Waals surface area contributed by atoms with Crippen LogP contribution in [0.25, 0.3) is 0 Å². The summed E-state index contributed by atoms with van der Waals surface area (Å²) in [7, 11) is 1.65. The largest absolute Gasteiger partial charge is 0.495 e. The maximum atomic E-state index is 6.15. The monoisotopic (exact) mass is 239 g/mol. The molecule has 0 bridgehead atoms. The Bertz CT molecular complexity index is 367. The molecule has 2 atom stereocenters. The number of nitrogens with one attached hydrogen (secondary N) is 1. The third-order valence-corrected chi connectivity index (χ3v) is 3.69. The number of rotatable bonds is 3. The first-order valence-electron chi connectivity index (χ1n) is 5.83. The fourth-order valence-corrected chi connectivity index (χ4v) is 2.77. The lowest BCUT2D eigenvalue weighted by Crippen LogP contribution is -2.24. The number of benzene rings is 1. The number of methoxy groups -OCH3 is 1. The second-order valence-corrected chi connectivity index (χ2v) is 4.67. The molecular formula is C13H18ClNO. The topological polar surface area (TPSA) is 21.3 Å². The second kappa shape index (κ2) is 5.07. The van der Waals surface area contributed by atoms with Crippen LogP contribution in [-0.4, -0.2) is 19.7 Å². The Balaban J connectivity index is 2.23. The van der Waals surface area contributed by atoms with Crippen molar-refractivity contribution in [3.05, 3.63) is 28.8 Å². The zero-order valence-corrected chi connectivity index (χ0v) is 10.6. The van der Waals surface area contributed by atoms with Gasteiger partial charge in [0.05, 0.1) is 12.1 Å². The lowest BCUT2D eigenvalue weighted by Gasteiger charge is -2.19. The standard InChI is InChI=1S/C13H18ClNO/c1-3-12-10(6-7-15-12)9-4-5-13(16-2)11(14)8-9/h4-5,8,10,12,15H,3,6-7H2,1-2H3. The van der Waals surface area contributed by atoms with Gasteiger partial charge in [0.1, 0.15) is 5.75 Å². The van der Waals surface area contributed by atoms with Gasteiger partial charge in [-0.3, -0.25) is 0 Å². The Morgan fingerprint density at radius 3 is 2.94 bits per heavy atom. The molecule has 1 N–H and O–H groups in total. The fraction of sp³-hybridized carbons (Fsp3) is 0.538. The predicted octanol–water partition coefficient (Wildman–Crippen LogP) is 3.20.